The molecule has 0 bridgehead atoms. The molecule has 0 heterocycles. The summed E-state index contributed by atoms with van der Waals surface area (Å²) in [5.41, 5.74) is 7.10. The smallest absolute Gasteiger partial charge is 0.0439 e. The van der Waals surface area contributed by atoms with Gasteiger partial charge in [0.05, 0.1) is 0 Å². The molecule has 1 aromatic rings. The van der Waals surface area contributed by atoms with Crippen molar-refractivity contribution < 1.29 is 0 Å². The lowest BCUT2D eigenvalue weighted by Crippen LogP contribution is -2.24. The number of rotatable bonds is 3. The van der Waals surface area contributed by atoms with E-state index in [4.69, 9.17) is 28.9 Å². The molecule has 2 N–H and O–H groups in total. The van der Waals surface area contributed by atoms with Crippen LogP contribution in [0.2, 0.25) is 10.0 Å². The van der Waals surface area contributed by atoms with Gasteiger partial charge in [0.2, 0.25) is 0 Å². The van der Waals surface area contributed by atoms with E-state index >= 15 is 0 Å². The second-order valence-electron chi connectivity index (χ2n) is 5.33. The quantitative estimate of drug-likeness (QED) is 0.801. The van der Waals surface area contributed by atoms with Crippen LogP contribution in [0.25, 0.3) is 0 Å². The highest BCUT2D eigenvalue weighted by Gasteiger charge is 2.23. The van der Waals surface area contributed by atoms with Gasteiger partial charge >= 0.3 is 0 Å². The summed E-state index contributed by atoms with van der Waals surface area (Å²) in [6, 6.07) is 5.75. The maximum absolute atomic E-state index is 6.26. The number of hydrogen-bond donors (Lipinski definition) is 1. The van der Waals surface area contributed by atoms with Gasteiger partial charge in [0.25, 0.3) is 0 Å². The van der Waals surface area contributed by atoms with Crippen LogP contribution in [0, 0.1) is 11.8 Å². The first-order valence-corrected chi connectivity index (χ1v) is 7.60. The zero-order valence-corrected chi connectivity index (χ0v) is 12.2. The van der Waals surface area contributed by atoms with Gasteiger partial charge in [-0.1, -0.05) is 42.5 Å². The number of hydrogen-bond acceptors (Lipinski definition) is 1. The summed E-state index contributed by atoms with van der Waals surface area (Å²) in [6.07, 6.45) is 7.53. The normalized spacial score (nSPS) is 24.8. The van der Waals surface area contributed by atoms with Gasteiger partial charge < -0.3 is 5.73 Å². The Labute approximate surface area is 120 Å². The van der Waals surface area contributed by atoms with Gasteiger partial charge in [-0.3, -0.25) is 0 Å². The van der Waals surface area contributed by atoms with Crippen LogP contribution in [0.1, 0.15) is 37.7 Å². The van der Waals surface area contributed by atoms with Crippen molar-refractivity contribution >= 4 is 23.2 Å². The van der Waals surface area contributed by atoms with E-state index in [1.807, 2.05) is 18.2 Å². The molecule has 100 valence electrons. The predicted octanol–water partition coefficient (Wildman–Crippen LogP) is 4.69. The molecule has 0 saturated heterocycles. The Morgan fingerprint density at radius 3 is 2.50 bits per heavy atom. The number of benzene rings is 1. The molecule has 1 aliphatic rings. The van der Waals surface area contributed by atoms with Crippen molar-refractivity contribution in [1.29, 1.82) is 0 Å². The van der Waals surface area contributed by atoms with Crippen molar-refractivity contribution in [3.05, 3.63) is 33.8 Å². The van der Waals surface area contributed by atoms with Gasteiger partial charge in [-0.2, -0.15) is 0 Å². The Hall–Kier alpha value is -0.240. The molecular weight excluding hydrogens is 265 g/mol. The minimum Gasteiger partial charge on any atom is -0.330 e. The molecule has 1 fully saturated rings. The molecule has 1 aliphatic carbocycles. The lowest BCUT2D eigenvalue weighted by molar-refractivity contribution is 0.318. The van der Waals surface area contributed by atoms with Crippen molar-refractivity contribution in [2.24, 2.45) is 17.6 Å². The third-order valence-electron chi connectivity index (χ3n) is 4.11. The van der Waals surface area contributed by atoms with Crippen LogP contribution in [-0.4, -0.2) is 6.54 Å². The molecule has 1 aromatic carbocycles. The number of halogens is 2. The third kappa shape index (κ3) is 3.63. The summed E-state index contributed by atoms with van der Waals surface area (Å²) < 4.78 is 0. The zero-order chi connectivity index (χ0) is 13.0. The van der Waals surface area contributed by atoms with Crippen molar-refractivity contribution in [3.8, 4) is 0 Å². The molecule has 2 rings (SSSR count). The van der Waals surface area contributed by atoms with E-state index in [9.17, 15) is 0 Å². The van der Waals surface area contributed by atoms with Crippen molar-refractivity contribution in [2.75, 3.05) is 6.54 Å². The minimum atomic E-state index is 0.641. The van der Waals surface area contributed by atoms with E-state index in [0.29, 0.717) is 11.8 Å². The Morgan fingerprint density at radius 1 is 1.06 bits per heavy atom. The van der Waals surface area contributed by atoms with Gasteiger partial charge in [0.15, 0.2) is 0 Å². The first-order valence-electron chi connectivity index (χ1n) is 6.84. The second kappa shape index (κ2) is 6.79. The number of nitrogens with two attached hydrogens (primary N) is 1. The SMILES string of the molecule is NCC1CCCCCC1Cc1cc(Cl)ccc1Cl. The lowest BCUT2D eigenvalue weighted by Gasteiger charge is -2.24. The van der Waals surface area contributed by atoms with E-state index in [-0.39, 0.29) is 0 Å². The largest absolute Gasteiger partial charge is 0.330 e. The summed E-state index contributed by atoms with van der Waals surface area (Å²) in [5.74, 6) is 1.30. The van der Waals surface area contributed by atoms with Gasteiger partial charge in [-0.15, -0.1) is 0 Å². The van der Waals surface area contributed by atoms with E-state index in [0.717, 1.165) is 23.0 Å². The van der Waals surface area contributed by atoms with Crippen molar-refractivity contribution in [2.45, 2.75) is 38.5 Å². The molecule has 0 aliphatic heterocycles. The Kier molecular flexibility index (Phi) is 5.35. The van der Waals surface area contributed by atoms with Crippen molar-refractivity contribution in [1.82, 2.24) is 0 Å². The fraction of sp³-hybridized carbons (Fsp3) is 0.600. The van der Waals surface area contributed by atoms with E-state index in [1.165, 1.54) is 37.7 Å². The monoisotopic (exact) mass is 285 g/mol. The summed E-state index contributed by atoms with van der Waals surface area (Å²) in [6.45, 7) is 0.794. The highest BCUT2D eigenvalue weighted by atomic mass is 35.5. The lowest BCUT2D eigenvalue weighted by atomic mass is 9.83. The van der Waals surface area contributed by atoms with Crippen LogP contribution in [0.3, 0.4) is 0 Å². The Morgan fingerprint density at radius 2 is 1.78 bits per heavy atom. The highest BCUT2D eigenvalue weighted by molar-refractivity contribution is 6.33. The molecular formula is C15H21Cl2N. The Bertz CT molecular complexity index is 392. The summed E-state index contributed by atoms with van der Waals surface area (Å²) in [4.78, 5) is 0. The van der Waals surface area contributed by atoms with Crippen molar-refractivity contribution in [3.63, 3.8) is 0 Å². The maximum Gasteiger partial charge on any atom is 0.0439 e. The highest BCUT2D eigenvalue weighted by Crippen LogP contribution is 2.33. The maximum atomic E-state index is 6.26. The molecule has 1 nitrogen and oxygen atoms in total. The van der Waals surface area contributed by atoms with Crippen LogP contribution in [0.15, 0.2) is 18.2 Å². The molecule has 3 heteroatoms. The average molecular weight is 286 g/mol. The topological polar surface area (TPSA) is 26.0 Å². The summed E-state index contributed by atoms with van der Waals surface area (Å²) >= 11 is 12.3. The van der Waals surface area contributed by atoms with Crippen LogP contribution in [0.5, 0.6) is 0 Å². The molecule has 0 radical (unpaired) electrons. The predicted molar refractivity (Wildman–Crippen MR) is 79.3 cm³/mol. The van der Waals surface area contributed by atoms with Crippen LogP contribution in [-0.2, 0) is 6.42 Å². The van der Waals surface area contributed by atoms with Gasteiger partial charge in [-0.25, -0.2) is 0 Å². The summed E-state index contributed by atoms with van der Waals surface area (Å²) in [7, 11) is 0. The third-order valence-corrected chi connectivity index (χ3v) is 4.71. The van der Waals surface area contributed by atoms with Gasteiger partial charge in [-0.05, 0) is 61.4 Å². The Balaban J connectivity index is 2.12. The molecule has 2 unspecified atom stereocenters. The fourth-order valence-corrected chi connectivity index (χ4v) is 3.41. The minimum absolute atomic E-state index is 0.641. The van der Waals surface area contributed by atoms with Crippen LogP contribution < -0.4 is 5.73 Å². The molecule has 18 heavy (non-hydrogen) atoms. The van der Waals surface area contributed by atoms with Crippen LogP contribution in [0.4, 0.5) is 0 Å². The second-order valence-corrected chi connectivity index (χ2v) is 6.18. The van der Waals surface area contributed by atoms with Gasteiger partial charge in [0.1, 0.15) is 0 Å². The van der Waals surface area contributed by atoms with E-state index in [2.05, 4.69) is 0 Å². The molecule has 0 aromatic heterocycles. The first kappa shape index (κ1) is 14.2. The van der Waals surface area contributed by atoms with E-state index < -0.39 is 0 Å². The van der Waals surface area contributed by atoms with E-state index in [1.54, 1.807) is 0 Å². The average Bonchev–Trinajstić information content (AvgIpc) is 2.59. The zero-order valence-electron chi connectivity index (χ0n) is 10.7. The standard InChI is InChI=1S/C15H21Cl2N/c16-14-6-7-15(17)13(9-14)8-11-4-2-1-3-5-12(11)10-18/h6-7,9,11-12H,1-5,8,10,18H2. The molecule has 0 amide bonds. The fourth-order valence-electron chi connectivity index (χ4n) is 3.02. The summed E-state index contributed by atoms with van der Waals surface area (Å²) in [5, 5.41) is 1.60. The van der Waals surface area contributed by atoms with Gasteiger partial charge in [0, 0.05) is 10.0 Å². The molecule has 0 spiro atoms. The molecule has 2 atom stereocenters. The first-order chi connectivity index (χ1) is 8.70. The van der Waals surface area contributed by atoms with Crippen LogP contribution >= 0.6 is 23.2 Å². The molecule has 1 saturated carbocycles.